The van der Waals surface area contributed by atoms with Crippen molar-refractivity contribution in [3.05, 3.63) is 155 Å². The number of nitrogens with zero attached hydrogens (tertiary/aromatic N) is 5. The van der Waals surface area contributed by atoms with Crippen LogP contribution in [0.3, 0.4) is 0 Å². The van der Waals surface area contributed by atoms with E-state index in [1.165, 1.54) is 5.19 Å². The van der Waals surface area contributed by atoms with Gasteiger partial charge in [-0.3, -0.25) is 19.2 Å². The number of benzene rings is 5. The fourth-order valence-corrected chi connectivity index (χ4v) is 14.2. The molecule has 0 radical (unpaired) electrons. The van der Waals surface area contributed by atoms with E-state index in [1.54, 1.807) is 12.0 Å². The molecule has 1 aromatic heterocycles. The lowest BCUT2D eigenvalue weighted by Crippen LogP contribution is -2.51. The molecule has 4 heterocycles. The number of carbonyl (C=O) groups excluding carboxylic acids is 2. The van der Waals surface area contributed by atoms with Crippen LogP contribution in [0, 0.1) is 5.92 Å². The number of aryl methyl sites for hydroxylation is 1. The number of hydrogen-bond acceptors (Lipinski definition) is 8. The Labute approximate surface area is 361 Å². The van der Waals surface area contributed by atoms with Crippen LogP contribution in [0.25, 0.3) is 0 Å². The summed E-state index contributed by atoms with van der Waals surface area (Å²) in [6.07, 6.45) is 2.14. The molecule has 1 saturated heterocycles. The summed E-state index contributed by atoms with van der Waals surface area (Å²) in [5, 5.41) is 21.1. The molecule has 13 heteroatoms. The van der Waals surface area contributed by atoms with Crippen LogP contribution in [0.2, 0.25) is 23.7 Å². The van der Waals surface area contributed by atoms with Gasteiger partial charge in [-0.05, 0) is 77.7 Å². The van der Waals surface area contributed by atoms with E-state index in [2.05, 4.69) is 42.5 Å². The number of aromatic nitrogens is 3. The van der Waals surface area contributed by atoms with Crippen molar-refractivity contribution in [2.75, 3.05) is 30.1 Å². The number of fused-ring (bicyclic) bond motifs is 3. The van der Waals surface area contributed by atoms with Gasteiger partial charge in [-0.2, -0.15) is 0 Å². The minimum absolute atomic E-state index is 0.00939. The van der Waals surface area contributed by atoms with Crippen molar-refractivity contribution < 1.29 is 28.9 Å². The average Bonchev–Trinajstić information content (AvgIpc) is 3.93. The van der Waals surface area contributed by atoms with Crippen molar-refractivity contribution in [3.8, 4) is 11.5 Å². The third kappa shape index (κ3) is 7.10. The number of hydrogen-bond donors (Lipinski definition) is 1. The predicted octanol–water partition coefficient (Wildman–Crippen LogP) is 7.97. The van der Waals surface area contributed by atoms with E-state index in [4.69, 9.17) is 25.8 Å². The minimum atomic E-state index is -2.44. The fourth-order valence-electron chi connectivity index (χ4n) is 9.97. The predicted molar refractivity (Wildman–Crippen MR) is 238 cm³/mol. The van der Waals surface area contributed by atoms with Gasteiger partial charge in [-0.25, -0.2) is 0 Å². The molecule has 6 aromatic rings. The molecule has 11 nitrogen and oxygen atoms in total. The first kappa shape index (κ1) is 40.6. The van der Waals surface area contributed by atoms with E-state index >= 15 is 4.79 Å². The molecule has 3 aliphatic heterocycles. The highest BCUT2D eigenvalue weighted by molar-refractivity contribution is 6.91. The topological polar surface area (TPSA) is 119 Å². The first-order valence-electron chi connectivity index (χ1n) is 20.7. The summed E-state index contributed by atoms with van der Waals surface area (Å²) in [6.45, 7) is 7.47. The molecule has 0 bridgehead atoms. The fraction of sp³-hybridized carbons (Fsp3) is 0.292. The monoisotopic (exact) mass is 853 g/mol. The molecule has 9 rings (SSSR count). The van der Waals surface area contributed by atoms with Crippen LogP contribution in [0.1, 0.15) is 41.6 Å². The number of carbonyl (C=O) groups is 2. The summed E-state index contributed by atoms with van der Waals surface area (Å²) < 4.78 is 20.4. The molecule has 1 unspecified atom stereocenters. The van der Waals surface area contributed by atoms with Gasteiger partial charge in [0, 0.05) is 34.9 Å². The smallest absolute Gasteiger partial charge is 0.269 e. The SMILES string of the molecule is COc1ccc([Si](C)(C)[C@H]2[C@H](CCn3cc(C(CO)c4ccccc4)nn3)O[C@@]3(C(=O)N(Cc4cccc(N5C(=O)COc6ccccc65)c4)c4ccc(Cl)cc43)[C@@H]2C)cc1. The first-order valence-corrected chi connectivity index (χ1v) is 24.1. The van der Waals surface area contributed by atoms with Crippen molar-refractivity contribution in [2.24, 2.45) is 5.92 Å². The highest BCUT2D eigenvalue weighted by atomic mass is 35.5. The molecule has 3 aliphatic rings. The summed E-state index contributed by atoms with van der Waals surface area (Å²) in [6, 6.07) is 39.0. The Balaban J connectivity index is 1.06. The highest BCUT2D eigenvalue weighted by Crippen LogP contribution is 2.60. The number of rotatable bonds is 12. The molecular weight excluding hydrogens is 806 g/mol. The molecule has 312 valence electrons. The molecule has 5 atom stereocenters. The van der Waals surface area contributed by atoms with Crippen LogP contribution < -0.4 is 24.5 Å². The maximum Gasteiger partial charge on any atom is 0.269 e. The van der Waals surface area contributed by atoms with Gasteiger partial charge in [0.2, 0.25) is 0 Å². The van der Waals surface area contributed by atoms with Crippen LogP contribution in [0.5, 0.6) is 11.5 Å². The lowest BCUT2D eigenvalue weighted by molar-refractivity contribution is -0.146. The lowest BCUT2D eigenvalue weighted by atomic mass is 9.82. The Morgan fingerprint density at radius 2 is 1.70 bits per heavy atom. The third-order valence-corrected chi connectivity index (χ3v) is 17.5. The maximum atomic E-state index is 15.5. The number of halogens is 1. The molecule has 61 heavy (non-hydrogen) atoms. The second-order valence-corrected chi connectivity index (χ2v) is 21.8. The minimum Gasteiger partial charge on any atom is -0.497 e. The third-order valence-electron chi connectivity index (χ3n) is 13.0. The van der Waals surface area contributed by atoms with Gasteiger partial charge in [0.25, 0.3) is 11.8 Å². The summed E-state index contributed by atoms with van der Waals surface area (Å²) in [5.74, 6) is 0.565. The Hall–Kier alpha value is -5.79. The number of ether oxygens (including phenoxy) is 3. The van der Waals surface area contributed by atoms with Gasteiger partial charge >= 0.3 is 0 Å². The van der Waals surface area contributed by atoms with Gasteiger partial charge in [-0.1, -0.05) is 109 Å². The quantitative estimate of drug-likeness (QED) is 0.123. The summed E-state index contributed by atoms with van der Waals surface area (Å²) >= 11 is 6.79. The van der Waals surface area contributed by atoms with Crippen LogP contribution in [-0.2, 0) is 33.0 Å². The molecule has 0 saturated carbocycles. The molecule has 1 fully saturated rings. The Morgan fingerprint density at radius 1 is 0.934 bits per heavy atom. The Bertz CT molecular complexity index is 2590. The number of aliphatic hydroxyl groups excluding tert-OH is 1. The van der Waals surface area contributed by atoms with Crippen molar-refractivity contribution in [2.45, 2.75) is 62.7 Å². The Morgan fingerprint density at radius 3 is 2.48 bits per heavy atom. The zero-order valence-electron chi connectivity index (χ0n) is 34.6. The summed E-state index contributed by atoms with van der Waals surface area (Å²) in [7, 11) is -0.769. The molecule has 1 N–H and O–H groups in total. The maximum absolute atomic E-state index is 15.5. The average molecular weight is 854 g/mol. The van der Waals surface area contributed by atoms with Crippen LogP contribution in [0.15, 0.2) is 128 Å². The largest absolute Gasteiger partial charge is 0.497 e. The zero-order chi connectivity index (χ0) is 42.5. The second kappa shape index (κ2) is 16.2. The van der Waals surface area contributed by atoms with E-state index in [1.807, 2.05) is 125 Å². The van der Waals surface area contributed by atoms with Crippen molar-refractivity contribution in [1.29, 1.82) is 0 Å². The lowest BCUT2D eigenvalue weighted by Gasteiger charge is -2.37. The number of aliphatic hydroxyl groups is 1. The van der Waals surface area contributed by atoms with E-state index in [0.717, 1.165) is 28.1 Å². The zero-order valence-corrected chi connectivity index (χ0v) is 36.3. The van der Waals surface area contributed by atoms with Gasteiger partial charge in [0.15, 0.2) is 12.2 Å². The summed E-state index contributed by atoms with van der Waals surface area (Å²) in [5.41, 5.74) is 4.06. The van der Waals surface area contributed by atoms with Crippen LogP contribution >= 0.6 is 11.6 Å². The van der Waals surface area contributed by atoms with E-state index in [-0.39, 0.29) is 55.1 Å². The van der Waals surface area contributed by atoms with E-state index in [0.29, 0.717) is 40.8 Å². The Kier molecular flexibility index (Phi) is 10.8. The van der Waals surface area contributed by atoms with Crippen molar-refractivity contribution >= 4 is 53.7 Å². The summed E-state index contributed by atoms with van der Waals surface area (Å²) in [4.78, 5) is 32.3. The molecular formula is C48H48ClN5O6Si. The van der Waals surface area contributed by atoms with Gasteiger partial charge < -0.3 is 24.2 Å². The second-order valence-electron chi connectivity index (χ2n) is 16.7. The normalized spacial score (nSPS) is 21.4. The molecule has 2 amide bonds. The van der Waals surface area contributed by atoms with E-state index in [9.17, 15) is 9.90 Å². The van der Waals surface area contributed by atoms with Gasteiger partial charge in [-0.15, -0.1) is 5.10 Å². The number of methoxy groups -OCH3 is 1. The van der Waals surface area contributed by atoms with Crippen LogP contribution in [0.4, 0.5) is 17.1 Å². The standard InChI is InChI=1S/C48H48ClN5O6Si/c1-31-46(61(3,4)37-20-18-36(58-2)19-21-37)44(23-24-52-28-40(50-51-52)38(29-55)33-12-6-5-7-13-33)60-48(31)39-26-34(49)17-22-41(39)53(47(48)57)27-32-11-10-14-35(25-32)54-42-15-8-9-16-43(42)59-30-45(54)56/h5-22,25-26,28,31,38,44,46,55H,23-24,27,29-30H2,1-4H3/t31-,38?,44+,46-,48+/m1/s1. The highest BCUT2D eigenvalue weighted by Gasteiger charge is 2.66. The van der Waals surface area contributed by atoms with Gasteiger partial charge in [0.1, 0.15) is 11.5 Å². The first-order chi connectivity index (χ1) is 29.5. The number of amides is 2. The molecule has 5 aromatic carbocycles. The van der Waals surface area contributed by atoms with Crippen molar-refractivity contribution in [1.82, 2.24) is 15.0 Å². The van der Waals surface area contributed by atoms with E-state index < -0.39 is 13.7 Å². The van der Waals surface area contributed by atoms with Gasteiger partial charge in [0.05, 0.1) is 57.4 Å². The molecule has 0 aliphatic carbocycles. The number of para-hydroxylation sites is 2. The molecule has 1 spiro atoms. The van der Waals surface area contributed by atoms with Crippen molar-refractivity contribution in [3.63, 3.8) is 0 Å². The van der Waals surface area contributed by atoms with Crippen LogP contribution in [-0.4, -0.2) is 66.4 Å². The number of anilines is 3.